The van der Waals surface area contributed by atoms with Crippen LogP contribution in [0.25, 0.3) is 10.9 Å². The molecule has 5 nitrogen and oxygen atoms in total. The van der Waals surface area contributed by atoms with Crippen LogP contribution in [0, 0.1) is 11.6 Å². The van der Waals surface area contributed by atoms with Gasteiger partial charge in [-0.25, -0.2) is 8.78 Å². The zero-order chi connectivity index (χ0) is 18.7. The molecule has 0 aliphatic carbocycles. The molecule has 0 spiro atoms. The summed E-state index contributed by atoms with van der Waals surface area (Å²) in [6.07, 6.45) is 0.280. The van der Waals surface area contributed by atoms with Crippen LogP contribution in [0.5, 0.6) is 0 Å². The quantitative estimate of drug-likeness (QED) is 0.764. The number of aryl methyl sites for hydroxylation is 1. The average molecular weight is 357 g/mol. The molecule has 1 N–H and O–H groups in total. The summed E-state index contributed by atoms with van der Waals surface area (Å²) in [5, 5.41) is 6.76. The number of carbonyl (C=O) groups is 1. The molecule has 0 bridgehead atoms. The highest BCUT2D eigenvalue weighted by atomic mass is 19.1. The van der Waals surface area contributed by atoms with Gasteiger partial charge in [-0.1, -0.05) is 18.2 Å². The number of carbonyl (C=O) groups excluding carboxylic acids is 1. The first-order valence-electron chi connectivity index (χ1n) is 8.23. The highest BCUT2D eigenvalue weighted by Gasteiger charge is 2.17. The Morgan fingerprint density at radius 1 is 1.19 bits per heavy atom. The van der Waals surface area contributed by atoms with E-state index in [1.165, 1.54) is 22.9 Å². The van der Waals surface area contributed by atoms with Crippen LogP contribution in [0.15, 0.2) is 47.3 Å². The fourth-order valence-electron chi connectivity index (χ4n) is 2.75. The molecular formula is C19H17F2N3O2. The minimum atomic E-state index is -0.667. The number of nitrogens with one attached hydrogen (secondary N) is 1. The van der Waals surface area contributed by atoms with Crippen LogP contribution in [0.2, 0.25) is 0 Å². The van der Waals surface area contributed by atoms with Gasteiger partial charge in [-0.05, 0) is 43.2 Å². The van der Waals surface area contributed by atoms with Crippen molar-refractivity contribution in [3.63, 3.8) is 0 Å². The van der Waals surface area contributed by atoms with E-state index >= 15 is 0 Å². The normalized spacial score (nSPS) is 10.9. The molecule has 1 heterocycles. The lowest BCUT2D eigenvalue weighted by atomic mass is 10.1. The first-order chi connectivity index (χ1) is 12.5. The van der Waals surface area contributed by atoms with Crippen LogP contribution < -0.4 is 10.7 Å². The Bertz CT molecular complexity index is 1030. The maximum absolute atomic E-state index is 13.6. The second-order valence-electron chi connectivity index (χ2n) is 5.75. The zero-order valence-corrected chi connectivity index (χ0v) is 14.1. The molecule has 0 atom stereocenters. The SMILES string of the molecule is CCn1nc(C(=O)NCCc2ccccc2F)c(=O)c2cc(F)ccc21. The molecule has 0 fully saturated rings. The van der Waals surface area contributed by atoms with E-state index in [9.17, 15) is 18.4 Å². The van der Waals surface area contributed by atoms with Crippen molar-refractivity contribution in [1.82, 2.24) is 15.1 Å². The van der Waals surface area contributed by atoms with E-state index in [-0.39, 0.29) is 29.9 Å². The van der Waals surface area contributed by atoms with Crippen LogP contribution >= 0.6 is 0 Å². The van der Waals surface area contributed by atoms with Gasteiger partial charge in [0.2, 0.25) is 5.43 Å². The van der Waals surface area contributed by atoms with E-state index in [1.54, 1.807) is 25.1 Å². The molecule has 0 aliphatic rings. The molecule has 0 saturated heterocycles. The van der Waals surface area contributed by atoms with E-state index in [0.717, 1.165) is 6.07 Å². The van der Waals surface area contributed by atoms with Gasteiger partial charge in [0, 0.05) is 13.1 Å². The summed E-state index contributed by atoms with van der Waals surface area (Å²) in [5.41, 5.74) is -0.0137. The van der Waals surface area contributed by atoms with Gasteiger partial charge in [-0.2, -0.15) is 5.10 Å². The summed E-state index contributed by atoms with van der Waals surface area (Å²) >= 11 is 0. The molecule has 3 aromatic rings. The molecule has 0 unspecified atom stereocenters. The minimum Gasteiger partial charge on any atom is -0.350 e. The van der Waals surface area contributed by atoms with Crippen LogP contribution in [-0.4, -0.2) is 22.2 Å². The van der Waals surface area contributed by atoms with Gasteiger partial charge in [0.15, 0.2) is 5.69 Å². The summed E-state index contributed by atoms with van der Waals surface area (Å²) in [6.45, 7) is 2.37. The number of rotatable bonds is 5. The molecule has 0 aliphatic heterocycles. The third-order valence-corrected chi connectivity index (χ3v) is 4.07. The zero-order valence-electron chi connectivity index (χ0n) is 14.1. The monoisotopic (exact) mass is 357 g/mol. The standard InChI is InChI=1S/C19H17F2N3O2/c1-2-24-16-8-7-13(20)11-14(16)18(25)17(23-24)19(26)22-10-9-12-5-3-4-6-15(12)21/h3-8,11H,2,9-10H2,1H3,(H,22,26). The van der Waals surface area contributed by atoms with Crippen LogP contribution in [-0.2, 0) is 13.0 Å². The molecule has 0 saturated carbocycles. The Morgan fingerprint density at radius 3 is 2.69 bits per heavy atom. The summed E-state index contributed by atoms with van der Waals surface area (Å²) in [5.74, 6) is -1.58. The second kappa shape index (κ2) is 7.43. The smallest absolute Gasteiger partial charge is 0.275 e. The number of hydrogen-bond acceptors (Lipinski definition) is 3. The Morgan fingerprint density at radius 2 is 1.96 bits per heavy atom. The van der Waals surface area contributed by atoms with Gasteiger partial charge in [0.1, 0.15) is 11.6 Å². The number of benzene rings is 2. The fourth-order valence-corrected chi connectivity index (χ4v) is 2.75. The lowest BCUT2D eigenvalue weighted by Gasteiger charge is -2.10. The summed E-state index contributed by atoms with van der Waals surface area (Å²) in [6, 6.07) is 10.1. The van der Waals surface area contributed by atoms with Crippen molar-refractivity contribution >= 4 is 16.8 Å². The maximum atomic E-state index is 13.6. The molecule has 2 aromatic carbocycles. The number of amides is 1. The lowest BCUT2D eigenvalue weighted by Crippen LogP contribution is -2.33. The summed E-state index contributed by atoms with van der Waals surface area (Å²) in [4.78, 5) is 24.9. The van der Waals surface area contributed by atoms with E-state index in [1.807, 2.05) is 0 Å². The van der Waals surface area contributed by atoms with Gasteiger partial charge in [-0.15, -0.1) is 0 Å². The first-order valence-corrected chi connectivity index (χ1v) is 8.23. The predicted octanol–water partition coefficient (Wildman–Crippen LogP) is 2.67. The Labute approximate surface area is 148 Å². The number of fused-ring (bicyclic) bond motifs is 1. The fraction of sp³-hybridized carbons (Fsp3) is 0.211. The number of nitrogens with zero attached hydrogens (tertiary/aromatic N) is 2. The van der Waals surface area contributed by atoms with Crippen molar-refractivity contribution in [3.8, 4) is 0 Å². The molecule has 134 valence electrons. The predicted molar refractivity (Wildman–Crippen MR) is 94.1 cm³/mol. The highest BCUT2D eigenvalue weighted by Crippen LogP contribution is 2.12. The number of halogens is 2. The summed E-state index contributed by atoms with van der Waals surface area (Å²) < 4.78 is 28.6. The van der Waals surface area contributed by atoms with Gasteiger partial charge in [0.05, 0.1) is 10.9 Å². The van der Waals surface area contributed by atoms with Crippen LogP contribution in [0.3, 0.4) is 0 Å². The molecule has 1 aromatic heterocycles. The largest absolute Gasteiger partial charge is 0.350 e. The van der Waals surface area contributed by atoms with Crippen molar-refractivity contribution < 1.29 is 13.6 Å². The number of hydrogen-bond donors (Lipinski definition) is 1. The van der Waals surface area contributed by atoms with E-state index in [0.29, 0.717) is 17.6 Å². The average Bonchev–Trinajstić information content (AvgIpc) is 2.64. The molecule has 0 radical (unpaired) electrons. The Hall–Kier alpha value is -3.09. The van der Waals surface area contributed by atoms with Crippen molar-refractivity contribution in [1.29, 1.82) is 0 Å². The number of aromatic nitrogens is 2. The van der Waals surface area contributed by atoms with Crippen LogP contribution in [0.4, 0.5) is 8.78 Å². The molecule has 3 rings (SSSR count). The third kappa shape index (κ3) is 3.46. The molecule has 7 heteroatoms. The van der Waals surface area contributed by atoms with Crippen molar-refractivity contribution in [2.75, 3.05) is 6.54 Å². The maximum Gasteiger partial charge on any atom is 0.275 e. The minimum absolute atomic E-state index is 0.0982. The van der Waals surface area contributed by atoms with Gasteiger partial charge in [-0.3, -0.25) is 14.3 Å². The van der Waals surface area contributed by atoms with Gasteiger partial charge < -0.3 is 5.32 Å². The third-order valence-electron chi connectivity index (χ3n) is 4.07. The van der Waals surface area contributed by atoms with Crippen LogP contribution in [0.1, 0.15) is 23.0 Å². The topological polar surface area (TPSA) is 64.0 Å². The second-order valence-corrected chi connectivity index (χ2v) is 5.75. The lowest BCUT2D eigenvalue weighted by molar-refractivity contribution is 0.0946. The van der Waals surface area contributed by atoms with Crippen molar-refractivity contribution in [3.05, 3.63) is 75.6 Å². The first kappa shape index (κ1) is 17.7. The van der Waals surface area contributed by atoms with Crippen molar-refractivity contribution in [2.24, 2.45) is 0 Å². The highest BCUT2D eigenvalue weighted by molar-refractivity contribution is 5.95. The van der Waals surface area contributed by atoms with Crippen molar-refractivity contribution in [2.45, 2.75) is 19.9 Å². The van der Waals surface area contributed by atoms with Gasteiger partial charge in [0.25, 0.3) is 5.91 Å². The van der Waals surface area contributed by atoms with E-state index in [2.05, 4.69) is 10.4 Å². The van der Waals surface area contributed by atoms with Gasteiger partial charge >= 0.3 is 0 Å². The van der Waals surface area contributed by atoms with E-state index in [4.69, 9.17) is 0 Å². The Kier molecular flexibility index (Phi) is 5.06. The molecule has 1 amide bonds. The molecule has 26 heavy (non-hydrogen) atoms. The Balaban J connectivity index is 1.85. The van der Waals surface area contributed by atoms with E-state index < -0.39 is 17.2 Å². The summed E-state index contributed by atoms with van der Waals surface area (Å²) in [7, 11) is 0. The molecular weight excluding hydrogens is 340 g/mol.